The van der Waals surface area contributed by atoms with Gasteiger partial charge >= 0.3 is 0 Å². The standard InChI is InChI=1S/C11H23N3/c1-6-11-13(7-9(2)3)8-12-14(11)10(4)5/h8-11H,6-7H2,1-5H3. The SMILES string of the molecule is CCC1N(CC(C)C)C=NN1C(C)C. The highest BCUT2D eigenvalue weighted by molar-refractivity contribution is 5.57. The summed E-state index contributed by atoms with van der Waals surface area (Å²) in [6.45, 7) is 12.2. The van der Waals surface area contributed by atoms with E-state index >= 15 is 0 Å². The van der Waals surface area contributed by atoms with E-state index in [1.165, 1.54) is 0 Å². The predicted molar refractivity (Wildman–Crippen MR) is 61.1 cm³/mol. The van der Waals surface area contributed by atoms with Crippen LogP contribution in [0.25, 0.3) is 0 Å². The summed E-state index contributed by atoms with van der Waals surface area (Å²) in [5.74, 6) is 0.697. The van der Waals surface area contributed by atoms with Crippen LogP contribution in [0.2, 0.25) is 0 Å². The lowest BCUT2D eigenvalue weighted by atomic mass is 10.2. The van der Waals surface area contributed by atoms with Crippen LogP contribution in [-0.2, 0) is 0 Å². The van der Waals surface area contributed by atoms with Gasteiger partial charge in [0.15, 0.2) is 0 Å². The Morgan fingerprint density at radius 3 is 2.36 bits per heavy atom. The van der Waals surface area contributed by atoms with Crippen molar-refractivity contribution in [3.05, 3.63) is 0 Å². The molecule has 0 saturated heterocycles. The van der Waals surface area contributed by atoms with Crippen molar-refractivity contribution in [3.63, 3.8) is 0 Å². The lowest BCUT2D eigenvalue weighted by molar-refractivity contribution is 0.0906. The van der Waals surface area contributed by atoms with E-state index in [4.69, 9.17) is 0 Å². The fourth-order valence-corrected chi connectivity index (χ4v) is 1.92. The molecule has 1 atom stereocenters. The first-order chi connectivity index (χ1) is 6.56. The van der Waals surface area contributed by atoms with Gasteiger partial charge in [-0.15, -0.1) is 0 Å². The Hall–Kier alpha value is -0.730. The smallest absolute Gasteiger partial charge is 0.119 e. The average Bonchev–Trinajstić information content (AvgIpc) is 2.46. The first-order valence-electron chi connectivity index (χ1n) is 5.64. The summed E-state index contributed by atoms with van der Waals surface area (Å²) in [6, 6.07) is 0.494. The van der Waals surface area contributed by atoms with E-state index in [0.717, 1.165) is 13.0 Å². The summed E-state index contributed by atoms with van der Waals surface area (Å²) in [4.78, 5) is 2.35. The zero-order valence-corrected chi connectivity index (χ0v) is 10.1. The Kier molecular flexibility index (Phi) is 3.78. The molecule has 1 unspecified atom stereocenters. The first kappa shape index (κ1) is 11.3. The highest BCUT2D eigenvalue weighted by atomic mass is 15.6. The van der Waals surface area contributed by atoms with Crippen LogP contribution < -0.4 is 0 Å². The molecular formula is C11H23N3. The number of hydrazone groups is 1. The minimum absolute atomic E-state index is 0.470. The lowest BCUT2D eigenvalue weighted by Gasteiger charge is -2.32. The number of hydrogen-bond donors (Lipinski definition) is 0. The molecule has 0 aromatic rings. The van der Waals surface area contributed by atoms with Gasteiger partial charge in [0.25, 0.3) is 0 Å². The maximum Gasteiger partial charge on any atom is 0.119 e. The van der Waals surface area contributed by atoms with Gasteiger partial charge in [-0.1, -0.05) is 20.8 Å². The normalized spacial score (nSPS) is 21.8. The van der Waals surface area contributed by atoms with Gasteiger partial charge < -0.3 is 4.90 Å². The third kappa shape index (κ3) is 2.40. The molecule has 1 aliphatic heterocycles. The van der Waals surface area contributed by atoms with Crippen molar-refractivity contribution in [2.24, 2.45) is 11.0 Å². The molecule has 3 heteroatoms. The van der Waals surface area contributed by atoms with Gasteiger partial charge in [-0.2, -0.15) is 5.10 Å². The molecule has 0 aromatic carbocycles. The van der Waals surface area contributed by atoms with E-state index in [9.17, 15) is 0 Å². The molecule has 1 rings (SSSR count). The average molecular weight is 197 g/mol. The Labute approximate surface area is 87.8 Å². The van der Waals surface area contributed by atoms with Gasteiger partial charge in [0, 0.05) is 12.6 Å². The topological polar surface area (TPSA) is 18.8 Å². The van der Waals surface area contributed by atoms with Crippen LogP contribution in [0.1, 0.15) is 41.0 Å². The molecule has 0 aromatic heterocycles. The second-order valence-corrected chi connectivity index (χ2v) is 4.68. The Balaban J connectivity index is 2.60. The Bertz CT molecular complexity index is 199. The van der Waals surface area contributed by atoms with Crippen molar-refractivity contribution in [1.29, 1.82) is 0 Å². The number of nitrogens with zero attached hydrogens (tertiary/aromatic N) is 3. The molecule has 0 saturated carbocycles. The molecule has 1 aliphatic rings. The predicted octanol–water partition coefficient (Wildman–Crippen LogP) is 2.35. The molecule has 14 heavy (non-hydrogen) atoms. The molecule has 0 radical (unpaired) electrons. The second-order valence-electron chi connectivity index (χ2n) is 4.68. The molecule has 0 bridgehead atoms. The van der Waals surface area contributed by atoms with Crippen molar-refractivity contribution < 1.29 is 0 Å². The van der Waals surface area contributed by atoms with E-state index in [-0.39, 0.29) is 0 Å². The second kappa shape index (κ2) is 4.67. The number of hydrogen-bond acceptors (Lipinski definition) is 3. The van der Waals surface area contributed by atoms with Crippen LogP contribution in [0.3, 0.4) is 0 Å². The lowest BCUT2D eigenvalue weighted by Crippen LogP contribution is -2.43. The van der Waals surface area contributed by atoms with Gasteiger partial charge in [0.2, 0.25) is 0 Å². The highest BCUT2D eigenvalue weighted by Gasteiger charge is 2.27. The fraction of sp³-hybridized carbons (Fsp3) is 0.909. The maximum atomic E-state index is 4.46. The molecule has 1 heterocycles. The number of rotatable bonds is 4. The summed E-state index contributed by atoms with van der Waals surface area (Å²) in [7, 11) is 0. The molecule has 0 aliphatic carbocycles. The summed E-state index contributed by atoms with van der Waals surface area (Å²) < 4.78 is 0. The van der Waals surface area contributed by atoms with Crippen molar-refractivity contribution in [3.8, 4) is 0 Å². The third-order valence-corrected chi connectivity index (χ3v) is 2.49. The molecular weight excluding hydrogens is 174 g/mol. The van der Waals surface area contributed by atoms with Crippen LogP contribution in [0, 0.1) is 5.92 Å². The zero-order chi connectivity index (χ0) is 10.7. The fourth-order valence-electron chi connectivity index (χ4n) is 1.92. The van der Waals surface area contributed by atoms with Crippen LogP contribution in [-0.4, -0.2) is 35.0 Å². The van der Waals surface area contributed by atoms with Gasteiger partial charge in [-0.25, -0.2) is 0 Å². The monoisotopic (exact) mass is 197 g/mol. The Morgan fingerprint density at radius 2 is 1.93 bits per heavy atom. The van der Waals surface area contributed by atoms with Crippen molar-refractivity contribution >= 4 is 6.34 Å². The van der Waals surface area contributed by atoms with Crippen molar-refractivity contribution in [2.75, 3.05) is 6.54 Å². The van der Waals surface area contributed by atoms with Gasteiger partial charge in [0.05, 0.1) is 0 Å². The Morgan fingerprint density at radius 1 is 1.29 bits per heavy atom. The van der Waals surface area contributed by atoms with E-state index in [2.05, 4.69) is 49.6 Å². The zero-order valence-electron chi connectivity index (χ0n) is 10.1. The quantitative estimate of drug-likeness (QED) is 0.689. The van der Waals surface area contributed by atoms with Crippen LogP contribution in [0.15, 0.2) is 5.10 Å². The molecule has 0 spiro atoms. The third-order valence-electron chi connectivity index (χ3n) is 2.49. The van der Waals surface area contributed by atoms with Crippen molar-refractivity contribution in [1.82, 2.24) is 9.91 Å². The minimum Gasteiger partial charge on any atom is -0.339 e. The van der Waals surface area contributed by atoms with E-state index in [0.29, 0.717) is 18.1 Å². The van der Waals surface area contributed by atoms with E-state index < -0.39 is 0 Å². The van der Waals surface area contributed by atoms with Gasteiger partial charge in [0.1, 0.15) is 12.5 Å². The highest BCUT2D eigenvalue weighted by Crippen LogP contribution is 2.19. The minimum atomic E-state index is 0.470. The van der Waals surface area contributed by atoms with E-state index in [1.54, 1.807) is 0 Å². The van der Waals surface area contributed by atoms with Gasteiger partial charge in [-0.3, -0.25) is 5.01 Å². The van der Waals surface area contributed by atoms with Crippen molar-refractivity contribution in [2.45, 2.75) is 53.2 Å². The molecule has 0 N–H and O–H groups in total. The maximum absolute atomic E-state index is 4.46. The molecule has 3 nitrogen and oxygen atoms in total. The summed E-state index contributed by atoms with van der Waals surface area (Å²) >= 11 is 0. The van der Waals surface area contributed by atoms with Crippen LogP contribution in [0.4, 0.5) is 0 Å². The van der Waals surface area contributed by atoms with E-state index in [1.807, 2.05) is 6.34 Å². The summed E-state index contributed by atoms with van der Waals surface area (Å²) in [5.41, 5.74) is 0. The summed E-state index contributed by atoms with van der Waals surface area (Å²) in [5, 5.41) is 6.65. The first-order valence-corrected chi connectivity index (χ1v) is 5.64. The molecule has 0 fully saturated rings. The molecule has 0 amide bonds. The summed E-state index contributed by atoms with van der Waals surface area (Å²) in [6.07, 6.45) is 3.59. The van der Waals surface area contributed by atoms with Crippen LogP contribution in [0.5, 0.6) is 0 Å². The van der Waals surface area contributed by atoms with Crippen LogP contribution >= 0.6 is 0 Å². The largest absolute Gasteiger partial charge is 0.339 e. The molecule has 82 valence electrons. The van der Waals surface area contributed by atoms with Gasteiger partial charge in [-0.05, 0) is 26.2 Å².